The summed E-state index contributed by atoms with van der Waals surface area (Å²) in [6, 6.07) is 9.74. The fourth-order valence-corrected chi connectivity index (χ4v) is 3.16. The van der Waals surface area contributed by atoms with E-state index >= 15 is 0 Å². The van der Waals surface area contributed by atoms with E-state index in [9.17, 15) is 14.7 Å². The Bertz CT molecular complexity index is 699. The van der Waals surface area contributed by atoms with Crippen LogP contribution in [0, 0.1) is 0 Å². The van der Waals surface area contributed by atoms with Crippen LogP contribution < -0.4 is 5.32 Å². The standard InChI is InChI=1S/C18H22N2O3/c21-15-7-5-14(6-8-15)19-17(22)9-10-18(23)20-12-11-13-3-1-2-4-16(13)20/h1-4,11-12,14-15,21H,5-10H2,(H,19,22). The maximum absolute atomic E-state index is 12.3. The van der Waals surface area contributed by atoms with Crippen LogP contribution in [-0.4, -0.2) is 33.6 Å². The lowest BCUT2D eigenvalue weighted by Crippen LogP contribution is -2.38. The monoisotopic (exact) mass is 314 g/mol. The van der Waals surface area contributed by atoms with Crippen molar-refractivity contribution in [1.29, 1.82) is 0 Å². The summed E-state index contributed by atoms with van der Waals surface area (Å²) in [5.74, 6) is -0.156. The molecule has 1 aliphatic rings. The Balaban J connectivity index is 1.51. The third-order valence-corrected chi connectivity index (χ3v) is 4.50. The summed E-state index contributed by atoms with van der Waals surface area (Å²) in [5, 5.41) is 13.5. The van der Waals surface area contributed by atoms with Crippen molar-refractivity contribution >= 4 is 22.7 Å². The number of hydrogen-bond donors (Lipinski definition) is 2. The van der Waals surface area contributed by atoms with Crippen LogP contribution in [0.1, 0.15) is 43.3 Å². The normalized spacial score (nSPS) is 21.3. The van der Waals surface area contributed by atoms with E-state index in [1.165, 1.54) is 0 Å². The highest BCUT2D eigenvalue weighted by Gasteiger charge is 2.21. The van der Waals surface area contributed by atoms with Crippen LogP contribution >= 0.6 is 0 Å². The van der Waals surface area contributed by atoms with E-state index in [2.05, 4.69) is 5.32 Å². The Morgan fingerprint density at radius 2 is 1.83 bits per heavy atom. The molecule has 0 spiro atoms. The maximum atomic E-state index is 12.3. The number of nitrogens with one attached hydrogen (secondary N) is 1. The van der Waals surface area contributed by atoms with Gasteiger partial charge in [-0.25, -0.2) is 0 Å². The number of amides is 1. The molecule has 5 heteroatoms. The highest BCUT2D eigenvalue weighted by atomic mass is 16.3. The molecule has 0 radical (unpaired) electrons. The van der Waals surface area contributed by atoms with Gasteiger partial charge in [-0.3, -0.25) is 14.2 Å². The van der Waals surface area contributed by atoms with Crippen molar-refractivity contribution in [3.05, 3.63) is 36.5 Å². The zero-order valence-corrected chi connectivity index (χ0v) is 13.1. The smallest absolute Gasteiger partial charge is 0.231 e. The van der Waals surface area contributed by atoms with Crippen molar-refractivity contribution < 1.29 is 14.7 Å². The minimum Gasteiger partial charge on any atom is -0.393 e. The van der Waals surface area contributed by atoms with Crippen LogP contribution in [0.15, 0.2) is 36.5 Å². The molecule has 0 atom stereocenters. The number of fused-ring (bicyclic) bond motifs is 1. The average Bonchev–Trinajstić information content (AvgIpc) is 2.99. The third-order valence-electron chi connectivity index (χ3n) is 4.50. The van der Waals surface area contributed by atoms with Crippen LogP contribution in [0.2, 0.25) is 0 Å². The summed E-state index contributed by atoms with van der Waals surface area (Å²) < 4.78 is 1.61. The van der Waals surface area contributed by atoms with Gasteiger partial charge < -0.3 is 10.4 Å². The quantitative estimate of drug-likeness (QED) is 0.911. The van der Waals surface area contributed by atoms with E-state index in [0.29, 0.717) is 0 Å². The van der Waals surface area contributed by atoms with Crippen LogP contribution in [-0.2, 0) is 4.79 Å². The molecule has 0 bridgehead atoms. The Kier molecular flexibility index (Phi) is 4.76. The molecule has 1 aromatic heterocycles. The van der Waals surface area contributed by atoms with Gasteiger partial charge in [-0.2, -0.15) is 0 Å². The zero-order valence-electron chi connectivity index (χ0n) is 13.1. The number of carbonyl (C=O) groups is 2. The maximum Gasteiger partial charge on any atom is 0.231 e. The minimum atomic E-state index is -0.230. The number of aliphatic hydroxyl groups excluding tert-OH is 1. The summed E-state index contributed by atoms with van der Waals surface area (Å²) >= 11 is 0. The molecule has 5 nitrogen and oxygen atoms in total. The molecule has 1 amide bonds. The van der Waals surface area contributed by atoms with Gasteiger partial charge in [-0.1, -0.05) is 18.2 Å². The average molecular weight is 314 g/mol. The second kappa shape index (κ2) is 6.96. The van der Waals surface area contributed by atoms with Crippen LogP contribution in [0.4, 0.5) is 0 Å². The van der Waals surface area contributed by atoms with Gasteiger partial charge in [-0.15, -0.1) is 0 Å². The Morgan fingerprint density at radius 1 is 1.09 bits per heavy atom. The second-order valence-corrected chi connectivity index (χ2v) is 6.21. The van der Waals surface area contributed by atoms with Crippen molar-refractivity contribution in [3.8, 4) is 0 Å². The molecule has 1 aromatic carbocycles. The SMILES string of the molecule is O=C(CCC(=O)n1ccc2ccccc21)NC1CCC(O)CC1. The fourth-order valence-electron chi connectivity index (χ4n) is 3.16. The Hall–Kier alpha value is -2.14. The van der Waals surface area contributed by atoms with E-state index in [0.717, 1.165) is 36.6 Å². The molecule has 1 saturated carbocycles. The molecule has 3 rings (SSSR count). The van der Waals surface area contributed by atoms with Crippen LogP contribution in [0.3, 0.4) is 0 Å². The first-order valence-electron chi connectivity index (χ1n) is 8.20. The number of aromatic nitrogens is 1. The second-order valence-electron chi connectivity index (χ2n) is 6.21. The van der Waals surface area contributed by atoms with Crippen LogP contribution in [0.25, 0.3) is 10.9 Å². The summed E-state index contributed by atoms with van der Waals surface area (Å²) in [7, 11) is 0. The van der Waals surface area contributed by atoms with E-state index in [4.69, 9.17) is 0 Å². The Morgan fingerprint density at radius 3 is 2.61 bits per heavy atom. The highest BCUT2D eigenvalue weighted by Crippen LogP contribution is 2.19. The third kappa shape index (κ3) is 3.79. The molecule has 1 aliphatic carbocycles. The number of carbonyl (C=O) groups excluding carboxylic acids is 2. The van der Waals surface area contributed by atoms with Gasteiger partial charge >= 0.3 is 0 Å². The van der Waals surface area contributed by atoms with Crippen molar-refractivity contribution in [2.45, 2.75) is 50.7 Å². The van der Waals surface area contributed by atoms with E-state index in [1.54, 1.807) is 10.8 Å². The fraction of sp³-hybridized carbons (Fsp3) is 0.444. The number of nitrogens with zero attached hydrogens (tertiary/aromatic N) is 1. The van der Waals surface area contributed by atoms with E-state index in [1.807, 2.05) is 30.3 Å². The lowest BCUT2D eigenvalue weighted by atomic mass is 9.93. The molecule has 1 fully saturated rings. The van der Waals surface area contributed by atoms with Gasteiger partial charge in [0.2, 0.25) is 11.8 Å². The summed E-state index contributed by atoms with van der Waals surface area (Å²) in [6.45, 7) is 0. The summed E-state index contributed by atoms with van der Waals surface area (Å²) in [4.78, 5) is 24.3. The van der Waals surface area contributed by atoms with Crippen molar-refractivity contribution in [2.24, 2.45) is 0 Å². The van der Waals surface area contributed by atoms with Gasteiger partial charge in [0.15, 0.2) is 0 Å². The van der Waals surface area contributed by atoms with Gasteiger partial charge in [0, 0.05) is 30.5 Å². The summed E-state index contributed by atoms with van der Waals surface area (Å²) in [6.07, 6.45) is 5.01. The van der Waals surface area contributed by atoms with Gasteiger partial charge in [0.1, 0.15) is 0 Å². The first kappa shape index (κ1) is 15.7. The predicted molar refractivity (Wildman–Crippen MR) is 88.2 cm³/mol. The van der Waals surface area contributed by atoms with E-state index in [-0.39, 0.29) is 36.8 Å². The van der Waals surface area contributed by atoms with Crippen molar-refractivity contribution in [3.63, 3.8) is 0 Å². The molecule has 0 unspecified atom stereocenters. The topological polar surface area (TPSA) is 71.3 Å². The number of benzene rings is 1. The molecule has 23 heavy (non-hydrogen) atoms. The minimum absolute atomic E-state index is 0.0691. The molecule has 2 aromatic rings. The van der Waals surface area contributed by atoms with Gasteiger partial charge in [0.05, 0.1) is 11.6 Å². The molecule has 122 valence electrons. The van der Waals surface area contributed by atoms with Gasteiger partial charge in [0.25, 0.3) is 0 Å². The molecule has 2 N–H and O–H groups in total. The molecular formula is C18H22N2O3. The summed E-state index contributed by atoms with van der Waals surface area (Å²) in [5.41, 5.74) is 0.874. The number of hydrogen-bond acceptors (Lipinski definition) is 3. The first-order valence-corrected chi connectivity index (χ1v) is 8.20. The number of rotatable bonds is 4. The lowest BCUT2D eigenvalue weighted by molar-refractivity contribution is -0.122. The van der Waals surface area contributed by atoms with Gasteiger partial charge in [-0.05, 0) is 37.8 Å². The van der Waals surface area contributed by atoms with Crippen molar-refractivity contribution in [1.82, 2.24) is 9.88 Å². The first-order chi connectivity index (χ1) is 11.1. The highest BCUT2D eigenvalue weighted by molar-refractivity contribution is 5.93. The molecular weight excluding hydrogens is 292 g/mol. The largest absolute Gasteiger partial charge is 0.393 e. The van der Waals surface area contributed by atoms with Crippen LogP contribution in [0.5, 0.6) is 0 Å². The molecule has 1 heterocycles. The van der Waals surface area contributed by atoms with E-state index < -0.39 is 0 Å². The zero-order chi connectivity index (χ0) is 16.2. The lowest BCUT2D eigenvalue weighted by Gasteiger charge is -2.26. The number of aliphatic hydroxyl groups is 1. The number of para-hydroxylation sites is 1. The molecule has 0 saturated heterocycles. The van der Waals surface area contributed by atoms with Crippen molar-refractivity contribution in [2.75, 3.05) is 0 Å². The predicted octanol–water partition coefficient (Wildman–Crippen LogP) is 2.48. The molecule has 0 aliphatic heterocycles. The Labute approximate surface area is 135 Å².